The highest BCUT2D eigenvalue weighted by atomic mass is 35.5. The Kier molecular flexibility index (Phi) is 3.62. The maximum absolute atomic E-state index is 6.34. The first kappa shape index (κ1) is 15.0. The molecule has 2 heterocycles. The second kappa shape index (κ2) is 5.54. The molecule has 0 bridgehead atoms. The summed E-state index contributed by atoms with van der Waals surface area (Å²) in [7, 11) is 2.22. The van der Waals surface area contributed by atoms with Gasteiger partial charge in [-0.2, -0.15) is 0 Å². The summed E-state index contributed by atoms with van der Waals surface area (Å²) < 4.78 is 0. The molecule has 0 aliphatic carbocycles. The van der Waals surface area contributed by atoms with Crippen LogP contribution in [0.2, 0.25) is 5.02 Å². The van der Waals surface area contributed by atoms with Gasteiger partial charge in [0.1, 0.15) is 0 Å². The number of hydrogen-bond acceptors (Lipinski definition) is 2. The summed E-state index contributed by atoms with van der Waals surface area (Å²) in [4.78, 5) is 5.09. The highest BCUT2D eigenvalue weighted by molar-refractivity contribution is 6.30. The topological polar surface area (TPSA) is 6.48 Å². The van der Waals surface area contributed by atoms with E-state index in [4.69, 9.17) is 11.6 Å². The summed E-state index contributed by atoms with van der Waals surface area (Å²) in [6.07, 6.45) is 1.54. The fraction of sp³-hybridized carbons (Fsp3) is 0.400. The van der Waals surface area contributed by atoms with Crippen molar-refractivity contribution in [3.63, 3.8) is 0 Å². The molecule has 2 nitrogen and oxygen atoms in total. The lowest BCUT2D eigenvalue weighted by molar-refractivity contribution is 0.101. The molecular weight excluding hydrogens is 304 g/mol. The van der Waals surface area contributed by atoms with E-state index in [1.807, 2.05) is 6.07 Å². The summed E-state index contributed by atoms with van der Waals surface area (Å²) in [6.45, 7) is 5.74. The molecule has 2 aliphatic heterocycles. The normalized spacial score (nSPS) is 23.4. The van der Waals surface area contributed by atoms with Crippen molar-refractivity contribution in [1.29, 1.82) is 0 Å². The zero-order valence-corrected chi connectivity index (χ0v) is 14.7. The second-order valence-electron chi connectivity index (χ2n) is 7.06. The Bertz CT molecular complexity index is 740. The molecule has 2 aliphatic rings. The van der Waals surface area contributed by atoms with Crippen LogP contribution < -0.4 is 4.90 Å². The van der Waals surface area contributed by atoms with Gasteiger partial charge in [-0.3, -0.25) is 4.90 Å². The van der Waals surface area contributed by atoms with E-state index in [2.05, 4.69) is 67.1 Å². The smallest absolute Gasteiger partial charge is 0.0848 e. The first-order valence-electron chi connectivity index (χ1n) is 8.43. The van der Waals surface area contributed by atoms with E-state index < -0.39 is 0 Å². The molecule has 0 radical (unpaired) electrons. The Hall–Kier alpha value is -1.51. The molecule has 0 N–H and O–H groups in total. The van der Waals surface area contributed by atoms with Gasteiger partial charge in [-0.1, -0.05) is 49.7 Å². The zero-order chi connectivity index (χ0) is 16.1. The number of halogens is 1. The van der Waals surface area contributed by atoms with Gasteiger partial charge in [-0.05, 0) is 47.2 Å². The third-order valence-electron chi connectivity index (χ3n) is 5.32. The van der Waals surface area contributed by atoms with E-state index >= 15 is 0 Å². The molecule has 0 spiro atoms. The van der Waals surface area contributed by atoms with Gasteiger partial charge in [0.2, 0.25) is 0 Å². The molecule has 3 heteroatoms. The maximum Gasteiger partial charge on any atom is 0.0848 e. The minimum Gasteiger partial charge on any atom is -0.358 e. The predicted octanol–water partition coefficient (Wildman–Crippen LogP) is 4.72. The van der Waals surface area contributed by atoms with Crippen LogP contribution in [0.3, 0.4) is 0 Å². The van der Waals surface area contributed by atoms with Crippen molar-refractivity contribution in [2.75, 3.05) is 18.5 Å². The van der Waals surface area contributed by atoms with Crippen molar-refractivity contribution in [2.24, 2.45) is 5.92 Å². The van der Waals surface area contributed by atoms with Crippen LogP contribution in [0.15, 0.2) is 42.5 Å². The standard InChI is InChI=1S/C20H23ClN2/c1-13(2)20-22(3)18-9-8-15(21)12-17(18)19-16-7-5-4-6-14(16)10-11-23(19)20/h4-9,12-13,19-20H,10-11H2,1-3H3/t19-,20?/m1/s1. The zero-order valence-electron chi connectivity index (χ0n) is 14.0. The van der Waals surface area contributed by atoms with Gasteiger partial charge in [0.15, 0.2) is 0 Å². The van der Waals surface area contributed by atoms with Crippen LogP contribution in [0.5, 0.6) is 0 Å². The molecule has 0 fully saturated rings. The number of hydrogen-bond donors (Lipinski definition) is 0. The summed E-state index contributed by atoms with van der Waals surface area (Å²) in [6, 6.07) is 15.6. The van der Waals surface area contributed by atoms with Crippen LogP contribution in [0.1, 0.15) is 36.6 Å². The van der Waals surface area contributed by atoms with Crippen LogP contribution in [0, 0.1) is 5.92 Å². The average Bonchev–Trinajstić information content (AvgIpc) is 2.54. The molecule has 1 unspecified atom stereocenters. The largest absolute Gasteiger partial charge is 0.358 e. The van der Waals surface area contributed by atoms with Crippen LogP contribution in [0.4, 0.5) is 5.69 Å². The molecule has 120 valence electrons. The van der Waals surface area contributed by atoms with Gasteiger partial charge >= 0.3 is 0 Å². The lowest BCUT2D eigenvalue weighted by Crippen LogP contribution is -2.57. The van der Waals surface area contributed by atoms with Crippen LogP contribution in [-0.2, 0) is 6.42 Å². The van der Waals surface area contributed by atoms with Crippen LogP contribution in [-0.4, -0.2) is 24.7 Å². The number of anilines is 1. The van der Waals surface area contributed by atoms with Gasteiger partial charge in [-0.25, -0.2) is 0 Å². The van der Waals surface area contributed by atoms with Gasteiger partial charge < -0.3 is 4.90 Å². The van der Waals surface area contributed by atoms with Crippen molar-refractivity contribution in [2.45, 2.75) is 32.5 Å². The molecule has 4 rings (SSSR count). The quantitative estimate of drug-likeness (QED) is 0.748. The minimum atomic E-state index is 0.317. The van der Waals surface area contributed by atoms with Crippen molar-refractivity contribution in [3.05, 3.63) is 64.2 Å². The van der Waals surface area contributed by atoms with E-state index in [1.54, 1.807) is 0 Å². The molecule has 0 saturated heterocycles. The predicted molar refractivity (Wildman–Crippen MR) is 97.2 cm³/mol. The van der Waals surface area contributed by atoms with E-state index in [9.17, 15) is 0 Å². The van der Waals surface area contributed by atoms with Crippen molar-refractivity contribution in [3.8, 4) is 0 Å². The number of benzene rings is 2. The lowest BCUT2D eigenvalue weighted by atomic mass is 9.83. The average molecular weight is 327 g/mol. The Morgan fingerprint density at radius 2 is 1.87 bits per heavy atom. The Morgan fingerprint density at radius 1 is 1.09 bits per heavy atom. The van der Waals surface area contributed by atoms with E-state index in [1.165, 1.54) is 22.4 Å². The summed E-state index contributed by atoms with van der Waals surface area (Å²) in [5, 5.41) is 0.822. The molecule has 2 aromatic carbocycles. The Balaban J connectivity index is 1.95. The van der Waals surface area contributed by atoms with Crippen molar-refractivity contribution >= 4 is 17.3 Å². The number of rotatable bonds is 1. The maximum atomic E-state index is 6.34. The second-order valence-corrected chi connectivity index (χ2v) is 7.50. The molecule has 23 heavy (non-hydrogen) atoms. The molecule has 0 aromatic heterocycles. The van der Waals surface area contributed by atoms with Crippen LogP contribution >= 0.6 is 11.6 Å². The third-order valence-corrected chi connectivity index (χ3v) is 5.55. The van der Waals surface area contributed by atoms with Gasteiger partial charge in [0, 0.05) is 24.3 Å². The van der Waals surface area contributed by atoms with Crippen molar-refractivity contribution in [1.82, 2.24) is 4.90 Å². The highest BCUT2D eigenvalue weighted by Crippen LogP contribution is 2.46. The summed E-state index contributed by atoms with van der Waals surface area (Å²) in [5.74, 6) is 0.566. The molecule has 2 aromatic rings. The molecule has 0 saturated carbocycles. The Morgan fingerprint density at radius 3 is 2.65 bits per heavy atom. The molecule has 0 amide bonds. The fourth-order valence-electron chi connectivity index (χ4n) is 4.48. The van der Waals surface area contributed by atoms with Gasteiger partial charge in [0.25, 0.3) is 0 Å². The third kappa shape index (κ3) is 2.28. The number of fused-ring (bicyclic) bond motifs is 5. The van der Waals surface area contributed by atoms with E-state index in [0.29, 0.717) is 18.1 Å². The van der Waals surface area contributed by atoms with Crippen LogP contribution in [0.25, 0.3) is 0 Å². The Labute approximate surface area is 143 Å². The first-order chi connectivity index (χ1) is 11.1. The summed E-state index contributed by atoms with van der Waals surface area (Å²) >= 11 is 6.34. The fourth-order valence-corrected chi connectivity index (χ4v) is 4.66. The van der Waals surface area contributed by atoms with Gasteiger partial charge in [0.05, 0.1) is 12.2 Å². The summed E-state index contributed by atoms with van der Waals surface area (Å²) in [5.41, 5.74) is 5.57. The first-order valence-corrected chi connectivity index (χ1v) is 8.81. The lowest BCUT2D eigenvalue weighted by Gasteiger charge is -2.52. The molecule has 2 atom stereocenters. The molecular formula is C20H23ClN2. The van der Waals surface area contributed by atoms with Gasteiger partial charge in [-0.15, -0.1) is 0 Å². The number of nitrogens with zero attached hydrogens (tertiary/aromatic N) is 2. The van der Waals surface area contributed by atoms with Crippen molar-refractivity contribution < 1.29 is 0 Å². The minimum absolute atomic E-state index is 0.317. The van der Waals surface area contributed by atoms with E-state index in [-0.39, 0.29) is 0 Å². The highest BCUT2D eigenvalue weighted by Gasteiger charge is 2.41. The monoisotopic (exact) mass is 326 g/mol. The van der Waals surface area contributed by atoms with E-state index in [0.717, 1.165) is 18.0 Å². The SMILES string of the molecule is CC(C)C1N(C)c2ccc(Cl)cc2[C@H]2c3ccccc3CCN12.